The van der Waals surface area contributed by atoms with Crippen molar-refractivity contribution in [1.82, 2.24) is 14.8 Å². The van der Waals surface area contributed by atoms with Gasteiger partial charge in [-0.25, -0.2) is 0 Å². The molecule has 8 nitrogen and oxygen atoms in total. The predicted octanol–water partition coefficient (Wildman–Crippen LogP) is 4.54. The fraction of sp³-hybridized carbons (Fsp3) is 0.190. The van der Waals surface area contributed by atoms with Gasteiger partial charge in [0.25, 0.3) is 5.69 Å². The van der Waals surface area contributed by atoms with Gasteiger partial charge in [-0.1, -0.05) is 59.8 Å². The van der Waals surface area contributed by atoms with Crippen LogP contribution in [0.5, 0.6) is 0 Å². The Hall–Kier alpha value is -3.17. The maximum absolute atomic E-state index is 12.3. The van der Waals surface area contributed by atoms with Gasteiger partial charge in [-0.15, -0.1) is 16.8 Å². The molecule has 10 heteroatoms. The van der Waals surface area contributed by atoms with E-state index in [1.54, 1.807) is 6.08 Å². The van der Waals surface area contributed by atoms with Crippen molar-refractivity contribution in [2.75, 3.05) is 11.1 Å². The van der Waals surface area contributed by atoms with Crippen LogP contribution in [0, 0.1) is 10.1 Å². The number of thioether (sulfide) groups is 1. The summed E-state index contributed by atoms with van der Waals surface area (Å²) in [6, 6.07) is 14.2. The number of nitro groups is 1. The Morgan fingerprint density at radius 2 is 2.00 bits per heavy atom. The molecule has 160 valence electrons. The van der Waals surface area contributed by atoms with Crippen LogP contribution in [0.25, 0.3) is 0 Å². The number of carbonyl (C=O) groups is 1. The molecule has 0 aliphatic carbocycles. The maximum Gasteiger partial charge on any atom is 0.289 e. The lowest BCUT2D eigenvalue weighted by molar-refractivity contribution is -0.384. The Kier molecular flexibility index (Phi) is 7.80. The summed E-state index contributed by atoms with van der Waals surface area (Å²) >= 11 is 7.04. The fourth-order valence-corrected chi connectivity index (χ4v) is 3.83. The number of hydrogen-bond acceptors (Lipinski definition) is 6. The summed E-state index contributed by atoms with van der Waals surface area (Å²) < 4.78 is 1.93. The minimum absolute atomic E-state index is 0.0120. The molecule has 31 heavy (non-hydrogen) atoms. The Morgan fingerprint density at radius 3 is 2.71 bits per heavy atom. The number of nitrogens with one attached hydrogen (secondary N) is 1. The third-order valence-electron chi connectivity index (χ3n) is 4.34. The van der Waals surface area contributed by atoms with E-state index < -0.39 is 4.92 Å². The minimum atomic E-state index is -0.596. The van der Waals surface area contributed by atoms with Gasteiger partial charge in [0.2, 0.25) is 5.91 Å². The molecule has 0 fully saturated rings. The molecule has 1 heterocycles. The van der Waals surface area contributed by atoms with Crippen LogP contribution in [0.2, 0.25) is 5.02 Å². The number of amides is 1. The van der Waals surface area contributed by atoms with Gasteiger partial charge in [-0.2, -0.15) is 0 Å². The number of rotatable bonds is 10. The molecule has 0 saturated carbocycles. The Balaban J connectivity index is 1.62. The van der Waals surface area contributed by atoms with E-state index in [0.717, 1.165) is 12.2 Å². The number of aryl methyl sites for hydroxylation is 2. The third kappa shape index (κ3) is 6.16. The number of nitro benzene ring substituents is 1. The molecular formula is C21H20ClN5O3S. The van der Waals surface area contributed by atoms with Crippen molar-refractivity contribution in [2.24, 2.45) is 0 Å². The van der Waals surface area contributed by atoms with Crippen LogP contribution < -0.4 is 5.32 Å². The van der Waals surface area contributed by atoms with Crippen molar-refractivity contribution in [1.29, 1.82) is 0 Å². The van der Waals surface area contributed by atoms with Crippen molar-refractivity contribution in [3.63, 3.8) is 0 Å². The first-order valence-electron chi connectivity index (χ1n) is 9.41. The molecule has 1 amide bonds. The smallest absolute Gasteiger partial charge is 0.289 e. The first-order valence-corrected chi connectivity index (χ1v) is 10.8. The molecule has 0 radical (unpaired) electrons. The lowest BCUT2D eigenvalue weighted by Gasteiger charge is -2.08. The molecule has 1 aromatic heterocycles. The lowest BCUT2D eigenvalue weighted by Crippen LogP contribution is -2.15. The van der Waals surface area contributed by atoms with Gasteiger partial charge in [0.1, 0.15) is 10.8 Å². The number of halogens is 1. The van der Waals surface area contributed by atoms with Crippen molar-refractivity contribution in [2.45, 2.75) is 24.5 Å². The normalized spacial score (nSPS) is 10.6. The molecule has 3 rings (SSSR count). The highest BCUT2D eigenvalue weighted by atomic mass is 35.5. The molecule has 2 aromatic carbocycles. The third-order valence-corrected chi connectivity index (χ3v) is 5.63. The fourth-order valence-electron chi connectivity index (χ4n) is 2.88. The van der Waals surface area contributed by atoms with Gasteiger partial charge in [-0.05, 0) is 24.1 Å². The molecule has 0 spiro atoms. The lowest BCUT2D eigenvalue weighted by atomic mass is 10.1. The van der Waals surface area contributed by atoms with Gasteiger partial charge < -0.3 is 9.88 Å². The second kappa shape index (κ2) is 10.7. The summed E-state index contributed by atoms with van der Waals surface area (Å²) in [5.41, 5.74) is 1.25. The van der Waals surface area contributed by atoms with Crippen LogP contribution in [-0.4, -0.2) is 31.3 Å². The molecule has 0 aliphatic heterocycles. The number of anilines is 1. The Morgan fingerprint density at radius 1 is 1.23 bits per heavy atom. The average molecular weight is 458 g/mol. The van der Waals surface area contributed by atoms with E-state index in [4.69, 9.17) is 11.6 Å². The SMILES string of the molecule is C=CCn1c(CCc2ccccc2)nnc1SCC(=O)Nc1ccc(Cl)c([N+](=O)[O-])c1. The largest absolute Gasteiger partial charge is 0.325 e. The monoisotopic (exact) mass is 457 g/mol. The number of hydrogen-bond donors (Lipinski definition) is 1. The summed E-state index contributed by atoms with van der Waals surface area (Å²) in [4.78, 5) is 22.7. The summed E-state index contributed by atoms with van der Waals surface area (Å²) in [5, 5.41) is 22.7. The Bertz CT molecular complexity index is 1090. The first-order chi connectivity index (χ1) is 15.0. The predicted molar refractivity (Wildman–Crippen MR) is 122 cm³/mol. The van der Waals surface area contributed by atoms with Crippen LogP contribution in [-0.2, 0) is 24.2 Å². The van der Waals surface area contributed by atoms with Crippen LogP contribution in [0.1, 0.15) is 11.4 Å². The molecule has 0 unspecified atom stereocenters. The van der Waals surface area contributed by atoms with Crippen molar-refractivity contribution < 1.29 is 9.72 Å². The Labute approximate surface area is 188 Å². The summed E-state index contributed by atoms with van der Waals surface area (Å²) in [7, 11) is 0. The number of benzene rings is 2. The van der Waals surface area contributed by atoms with E-state index in [9.17, 15) is 14.9 Å². The molecule has 3 aromatic rings. The quantitative estimate of drug-likeness (QED) is 0.207. The second-order valence-electron chi connectivity index (χ2n) is 6.54. The summed E-state index contributed by atoms with van der Waals surface area (Å²) in [5.74, 6) is 0.574. The zero-order valence-electron chi connectivity index (χ0n) is 16.5. The molecule has 0 saturated heterocycles. The van der Waals surface area contributed by atoms with Gasteiger partial charge in [0, 0.05) is 24.7 Å². The summed E-state index contributed by atoms with van der Waals surface area (Å²) in [6.07, 6.45) is 3.30. The van der Waals surface area contributed by atoms with Gasteiger partial charge >= 0.3 is 0 Å². The maximum atomic E-state index is 12.3. The second-order valence-corrected chi connectivity index (χ2v) is 7.89. The van der Waals surface area contributed by atoms with Crippen LogP contribution in [0.4, 0.5) is 11.4 Å². The zero-order chi connectivity index (χ0) is 22.2. The van der Waals surface area contributed by atoms with Gasteiger partial charge in [-0.3, -0.25) is 14.9 Å². The number of carbonyl (C=O) groups excluding carboxylic acids is 1. The zero-order valence-corrected chi connectivity index (χ0v) is 18.1. The highest BCUT2D eigenvalue weighted by Crippen LogP contribution is 2.27. The van der Waals surface area contributed by atoms with Crippen LogP contribution in [0.3, 0.4) is 0 Å². The molecule has 0 bridgehead atoms. The number of aromatic nitrogens is 3. The van der Waals surface area contributed by atoms with Gasteiger partial charge in [0.05, 0.1) is 10.7 Å². The van der Waals surface area contributed by atoms with Gasteiger partial charge in [0.15, 0.2) is 5.16 Å². The van der Waals surface area contributed by atoms with Crippen LogP contribution >= 0.6 is 23.4 Å². The molecular weight excluding hydrogens is 438 g/mol. The standard InChI is InChI=1S/C21H20ClN5O3S/c1-2-12-26-19(11-8-15-6-4-3-5-7-15)24-25-21(26)31-14-20(28)23-16-9-10-17(22)18(13-16)27(29)30/h2-7,9-10,13H,1,8,11-12,14H2,(H,23,28). The minimum Gasteiger partial charge on any atom is -0.325 e. The van der Waals surface area contributed by atoms with E-state index >= 15 is 0 Å². The first kappa shape index (κ1) is 22.5. The highest BCUT2D eigenvalue weighted by Gasteiger charge is 2.16. The van der Waals surface area contributed by atoms with Crippen molar-refractivity contribution in [3.8, 4) is 0 Å². The highest BCUT2D eigenvalue weighted by molar-refractivity contribution is 7.99. The topological polar surface area (TPSA) is 103 Å². The molecule has 0 aliphatic rings. The van der Waals surface area contributed by atoms with E-state index in [0.29, 0.717) is 23.8 Å². The van der Waals surface area contributed by atoms with E-state index in [2.05, 4.69) is 34.2 Å². The number of allylic oxidation sites excluding steroid dienone is 1. The van der Waals surface area contributed by atoms with E-state index in [1.165, 1.54) is 35.5 Å². The van der Waals surface area contributed by atoms with E-state index in [1.807, 2.05) is 22.8 Å². The van der Waals surface area contributed by atoms with Crippen molar-refractivity contribution >= 4 is 40.6 Å². The average Bonchev–Trinajstić information content (AvgIpc) is 3.14. The van der Waals surface area contributed by atoms with Crippen molar-refractivity contribution in [3.05, 3.63) is 87.7 Å². The molecule has 0 atom stereocenters. The molecule has 1 N–H and O–H groups in total. The summed E-state index contributed by atoms with van der Waals surface area (Å²) in [6.45, 7) is 4.32. The number of nitrogens with zero attached hydrogens (tertiary/aromatic N) is 4. The van der Waals surface area contributed by atoms with E-state index in [-0.39, 0.29) is 22.4 Å². The van der Waals surface area contributed by atoms with Crippen LogP contribution in [0.15, 0.2) is 66.3 Å².